The van der Waals surface area contributed by atoms with Crippen LogP contribution in [0.15, 0.2) is 97.1 Å². The molecule has 0 aliphatic heterocycles. The molecule has 0 N–H and O–H groups in total. The molecule has 0 fully saturated rings. The van der Waals surface area contributed by atoms with E-state index in [0.717, 1.165) is 36.8 Å². The van der Waals surface area contributed by atoms with Gasteiger partial charge in [-0.2, -0.15) is 0 Å². The van der Waals surface area contributed by atoms with Gasteiger partial charge in [-0.25, -0.2) is 0 Å². The molecule has 0 spiro atoms. The third-order valence-corrected chi connectivity index (χ3v) is 17.9. The molecule has 13 rings (SSSR count). The lowest BCUT2D eigenvalue weighted by atomic mass is 9.45. The highest BCUT2D eigenvalue weighted by Gasteiger charge is 2.60. The van der Waals surface area contributed by atoms with Crippen LogP contribution in [0, 0.1) is 107 Å². The lowest BCUT2D eigenvalue weighted by Gasteiger charge is -2.55. The molecular formula is C68H66. The van der Waals surface area contributed by atoms with E-state index in [1.807, 2.05) is 0 Å². The van der Waals surface area contributed by atoms with Gasteiger partial charge in [0, 0.05) is 22.0 Å². The van der Waals surface area contributed by atoms with Gasteiger partial charge < -0.3 is 0 Å². The highest BCUT2D eigenvalue weighted by molar-refractivity contribution is 5.83. The number of rotatable bonds is 4. The Hall–Kier alpha value is -6.34. The van der Waals surface area contributed by atoms with E-state index >= 15 is 0 Å². The summed E-state index contributed by atoms with van der Waals surface area (Å²) in [4.78, 5) is 0. The van der Waals surface area contributed by atoms with Gasteiger partial charge in [0.25, 0.3) is 0 Å². The van der Waals surface area contributed by atoms with Crippen LogP contribution < -0.4 is 0 Å². The summed E-state index contributed by atoms with van der Waals surface area (Å²) in [6, 6.07) is 38.9. The van der Waals surface area contributed by atoms with Gasteiger partial charge >= 0.3 is 0 Å². The summed E-state index contributed by atoms with van der Waals surface area (Å²) in [5.74, 6) is 15.9. The van der Waals surface area contributed by atoms with Gasteiger partial charge in [0.2, 0.25) is 0 Å². The molecule has 0 aromatic heterocycles. The van der Waals surface area contributed by atoms with Gasteiger partial charge in [-0.1, -0.05) is 123 Å². The van der Waals surface area contributed by atoms with Crippen molar-refractivity contribution in [1.29, 1.82) is 0 Å². The van der Waals surface area contributed by atoms with Crippen LogP contribution in [0.3, 0.4) is 0 Å². The number of benzene rings is 7. The zero-order valence-corrected chi connectivity index (χ0v) is 43.1. The standard InChI is InChI=1S/C68H66/c1-15-23-65-53-27-39(3)45(9)33-59(53)67(60-34-46(10)40(4)28-54(60)65,61-35-47(11)41(5)29-55(61)65)25-21-51-17-19-52(20-18-51)22-26-68-62-36-48(12)42(6)30-56(62)66(24-16-2,57-31-43(7)49(13)37-63(57)68)58-32-44(8)50(14)38-64(58)68/h17-20,27-38H,15-16,23-24H2,1-14H3. The molecule has 7 aromatic carbocycles. The number of aryl methyl sites for hydroxylation is 12. The lowest BCUT2D eigenvalue weighted by molar-refractivity contribution is 0.472. The second-order valence-electron chi connectivity index (χ2n) is 21.8. The van der Waals surface area contributed by atoms with Crippen LogP contribution in [0.25, 0.3) is 0 Å². The highest BCUT2D eigenvalue weighted by Crippen LogP contribution is 2.66. The summed E-state index contributed by atoms with van der Waals surface area (Å²) < 4.78 is 0. The quantitative estimate of drug-likeness (QED) is 0.155. The molecule has 7 aromatic rings. The van der Waals surface area contributed by atoms with Gasteiger partial charge in [-0.05, 0) is 254 Å². The maximum absolute atomic E-state index is 4.12. The fourth-order valence-electron chi connectivity index (χ4n) is 13.5. The molecule has 6 aliphatic rings. The molecule has 0 nitrogen and oxygen atoms in total. The molecule has 0 heterocycles. The normalized spacial score (nSPS) is 21.6. The predicted octanol–water partition coefficient (Wildman–Crippen LogP) is 15.7. The van der Waals surface area contributed by atoms with Gasteiger partial charge in [0.15, 0.2) is 0 Å². The van der Waals surface area contributed by atoms with E-state index < -0.39 is 10.8 Å². The van der Waals surface area contributed by atoms with Crippen molar-refractivity contribution in [3.8, 4) is 23.7 Å². The Balaban J connectivity index is 1.11. The molecule has 338 valence electrons. The van der Waals surface area contributed by atoms with Crippen molar-refractivity contribution in [2.45, 2.75) is 144 Å². The molecule has 0 heteroatoms. The third-order valence-electron chi connectivity index (χ3n) is 17.9. The fourth-order valence-corrected chi connectivity index (χ4v) is 13.5. The zero-order valence-electron chi connectivity index (χ0n) is 43.1. The molecule has 4 bridgehead atoms. The molecule has 0 saturated heterocycles. The maximum Gasteiger partial charge on any atom is 0.107 e. The van der Waals surface area contributed by atoms with Crippen LogP contribution in [0.2, 0.25) is 0 Å². The Morgan fingerprint density at radius 2 is 0.456 bits per heavy atom. The molecule has 0 amide bonds. The minimum atomic E-state index is -0.616. The Morgan fingerprint density at radius 3 is 0.632 bits per heavy atom. The van der Waals surface area contributed by atoms with Crippen LogP contribution in [-0.2, 0) is 21.7 Å². The second-order valence-corrected chi connectivity index (χ2v) is 21.8. The topological polar surface area (TPSA) is 0 Å². The van der Waals surface area contributed by atoms with E-state index in [9.17, 15) is 0 Å². The van der Waals surface area contributed by atoms with Crippen LogP contribution in [-0.4, -0.2) is 0 Å². The van der Waals surface area contributed by atoms with Crippen molar-refractivity contribution >= 4 is 0 Å². The first-order valence-electron chi connectivity index (χ1n) is 25.4. The van der Waals surface area contributed by atoms with E-state index in [2.05, 4.69) is 218 Å². The Morgan fingerprint density at radius 1 is 0.279 bits per heavy atom. The van der Waals surface area contributed by atoms with Crippen molar-refractivity contribution in [3.63, 3.8) is 0 Å². The monoisotopic (exact) mass is 883 g/mol. The molecule has 68 heavy (non-hydrogen) atoms. The Kier molecular flexibility index (Phi) is 9.80. The molecular weight excluding hydrogens is 817 g/mol. The van der Waals surface area contributed by atoms with E-state index in [1.54, 1.807) is 0 Å². The minimum absolute atomic E-state index is 0.227. The Labute approximate surface area is 407 Å². The summed E-state index contributed by atoms with van der Waals surface area (Å²) in [7, 11) is 0. The van der Waals surface area contributed by atoms with Crippen molar-refractivity contribution in [1.82, 2.24) is 0 Å². The zero-order chi connectivity index (χ0) is 48.0. The van der Waals surface area contributed by atoms with Crippen LogP contribution in [0.4, 0.5) is 0 Å². The first-order valence-corrected chi connectivity index (χ1v) is 25.4. The predicted molar refractivity (Wildman–Crippen MR) is 285 cm³/mol. The van der Waals surface area contributed by atoms with Crippen molar-refractivity contribution < 1.29 is 0 Å². The van der Waals surface area contributed by atoms with E-state index in [0.29, 0.717) is 0 Å². The van der Waals surface area contributed by atoms with Crippen molar-refractivity contribution in [3.05, 3.63) is 242 Å². The van der Waals surface area contributed by atoms with Gasteiger partial charge in [-0.3, -0.25) is 0 Å². The highest BCUT2D eigenvalue weighted by atomic mass is 14.6. The van der Waals surface area contributed by atoms with E-state index in [1.165, 1.54) is 134 Å². The van der Waals surface area contributed by atoms with Crippen LogP contribution in [0.1, 0.15) is 184 Å². The number of hydrogen-bond donors (Lipinski definition) is 0. The summed E-state index contributed by atoms with van der Waals surface area (Å²) in [5, 5.41) is 0. The Bertz CT molecular complexity index is 2970. The fraction of sp³-hybridized carbons (Fsp3) is 0.324. The third kappa shape index (κ3) is 5.59. The molecule has 0 saturated carbocycles. The molecule has 0 unspecified atom stereocenters. The summed E-state index contributed by atoms with van der Waals surface area (Å²) in [5.41, 5.74) is 33.2. The molecule has 0 radical (unpaired) electrons. The largest absolute Gasteiger partial charge is 0.107 e. The average Bonchev–Trinajstić information content (AvgIpc) is 3.30. The average molecular weight is 883 g/mol. The van der Waals surface area contributed by atoms with E-state index in [4.69, 9.17) is 0 Å². The lowest BCUT2D eigenvalue weighted by Crippen LogP contribution is -2.50. The van der Waals surface area contributed by atoms with Gasteiger partial charge in [-0.15, -0.1) is 0 Å². The molecule has 6 aliphatic carbocycles. The minimum Gasteiger partial charge on any atom is -0.0764 e. The van der Waals surface area contributed by atoms with Gasteiger partial charge in [0.05, 0.1) is 0 Å². The van der Waals surface area contributed by atoms with Crippen LogP contribution >= 0.6 is 0 Å². The summed E-state index contributed by atoms with van der Waals surface area (Å²) in [6.07, 6.45) is 4.29. The first kappa shape index (κ1) is 44.2. The second kappa shape index (κ2) is 15.1. The van der Waals surface area contributed by atoms with Gasteiger partial charge in [0.1, 0.15) is 10.8 Å². The smallest absolute Gasteiger partial charge is 0.0764 e. The van der Waals surface area contributed by atoms with Crippen LogP contribution in [0.5, 0.6) is 0 Å². The van der Waals surface area contributed by atoms with Crippen molar-refractivity contribution in [2.24, 2.45) is 0 Å². The summed E-state index contributed by atoms with van der Waals surface area (Å²) >= 11 is 0. The van der Waals surface area contributed by atoms with E-state index in [-0.39, 0.29) is 10.8 Å². The maximum atomic E-state index is 4.12. The first-order chi connectivity index (χ1) is 32.5. The van der Waals surface area contributed by atoms with Crippen molar-refractivity contribution in [2.75, 3.05) is 0 Å². The SMILES string of the molecule is CCCC12c3cc(C)c(C)cc3C(C#Cc3ccc(C#CC45c6cc(C)c(C)cc6C(CCC)(c6cc(C)c(C)cc64)c4cc(C)c(C)cc45)cc3)(c3cc(C)c(C)cc31)c1cc(C)c(C)cc12. The summed E-state index contributed by atoms with van der Waals surface area (Å²) in [6.45, 7) is 32.1. The number of hydrogen-bond acceptors (Lipinski definition) is 0. The molecule has 0 atom stereocenters.